The zero-order valence-electron chi connectivity index (χ0n) is 12.9. The number of rotatable bonds is 3. The fraction of sp³-hybridized carbons (Fsp3) is 0.0714. The van der Waals surface area contributed by atoms with Crippen molar-refractivity contribution in [3.63, 3.8) is 0 Å². The number of benzene rings is 2. The molecule has 0 fully saturated rings. The van der Waals surface area contributed by atoms with E-state index in [9.17, 15) is 8.42 Å². The van der Waals surface area contributed by atoms with Crippen molar-refractivity contribution in [2.45, 2.75) is 4.90 Å². The summed E-state index contributed by atoms with van der Waals surface area (Å²) < 4.78 is 25.7. The lowest BCUT2D eigenvalue weighted by molar-refractivity contribution is 0.598. The van der Waals surface area contributed by atoms with Crippen molar-refractivity contribution in [2.24, 2.45) is 12.2 Å². The number of sulfonamides is 1. The minimum absolute atomic E-state index is 0.0744. The van der Waals surface area contributed by atoms with Crippen LogP contribution in [0.2, 0.25) is 0 Å². The van der Waals surface area contributed by atoms with E-state index in [1.807, 2.05) is 12.1 Å². The summed E-state index contributed by atoms with van der Waals surface area (Å²) in [5, 5.41) is 27.1. The summed E-state index contributed by atoms with van der Waals surface area (Å²) in [5.74, 6) is 0.142. The van der Waals surface area contributed by atoms with E-state index in [0.717, 1.165) is 16.6 Å². The zero-order chi connectivity index (χ0) is 17.6. The molecule has 0 atom stereocenters. The van der Waals surface area contributed by atoms with Crippen molar-refractivity contribution in [3.8, 4) is 22.5 Å². The first kappa shape index (κ1) is 15.4. The maximum Gasteiger partial charge on any atom is 0.238 e. The summed E-state index contributed by atoms with van der Waals surface area (Å²) in [6.07, 6.45) is 0. The van der Waals surface area contributed by atoms with E-state index >= 15 is 0 Å². The molecule has 4 rings (SSSR count). The first-order valence-corrected chi connectivity index (χ1v) is 8.69. The number of aromatic amines is 1. The Morgan fingerprint density at radius 1 is 1.16 bits per heavy atom. The van der Waals surface area contributed by atoms with Crippen LogP contribution in [-0.2, 0) is 17.1 Å². The monoisotopic (exact) mass is 356 g/mol. The molecule has 0 aliphatic rings. The van der Waals surface area contributed by atoms with Crippen molar-refractivity contribution >= 4 is 21.1 Å². The van der Waals surface area contributed by atoms with Crippen LogP contribution in [0.4, 0.5) is 0 Å². The van der Waals surface area contributed by atoms with Gasteiger partial charge in [-0.05, 0) is 34.5 Å². The Bertz CT molecular complexity index is 1180. The van der Waals surface area contributed by atoms with E-state index in [-0.39, 0.29) is 16.3 Å². The maximum absolute atomic E-state index is 12.0. The van der Waals surface area contributed by atoms with Crippen molar-refractivity contribution in [1.82, 2.24) is 35.6 Å². The molecule has 2 heterocycles. The Hall–Kier alpha value is -3.18. The molecule has 2 aromatic carbocycles. The van der Waals surface area contributed by atoms with Crippen molar-refractivity contribution in [1.29, 1.82) is 0 Å². The van der Waals surface area contributed by atoms with Gasteiger partial charge in [-0.3, -0.25) is 0 Å². The van der Waals surface area contributed by atoms with E-state index in [1.54, 1.807) is 29.9 Å². The molecule has 0 radical (unpaired) electrons. The van der Waals surface area contributed by atoms with Gasteiger partial charge in [0.25, 0.3) is 0 Å². The van der Waals surface area contributed by atoms with Gasteiger partial charge in [0.15, 0.2) is 0 Å². The number of H-pyrrole nitrogens is 1. The van der Waals surface area contributed by atoms with Gasteiger partial charge >= 0.3 is 0 Å². The first-order valence-electron chi connectivity index (χ1n) is 7.14. The molecule has 11 heteroatoms. The van der Waals surface area contributed by atoms with Crippen LogP contribution in [0.1, 0.15) is 0 Å². The van der Waals surface area contributed by atoms with Crippen molar-refractivity contribution in [2.75, 3.05) is 0 Å². The predicted octanol–water partition coefficient (Wildman–Crippen LogP) is 0.463. The summed E-state index contributed by atoms with van der Waals surface area (Å²) in [6, 6.07) is 10.3. The average Bonchev–Trinajstić information content (AvgIpc) is 3.23. The number of primary sulfonamides is 1. The standard InChI is InChI=1S/C14H12N8O2S/c1-22-11-7-8(5-6-10(11)16-21-22)9-3-2-4-12(25(15,23)24)13(9)14-17-19-20-18-14/h2-7H,1H3,(H2,15,23,24)(H,17,18,19,20). The number of nitrogens with one attached hydrogen (secondary N) is 1. The van der Waals surface area contributed by atoms with Gasteiger partial charge in [0.1, 0.15) is 5.52 Å². The fourth-order valence-electron chi connectivity index (χ4n) is 2.71. The number of aryl methyl sites for hydroxylation is 1. The van der Waals surface area contributed by atoms with Gasteiger partial charge in [0.05, 0.1) is 16.0 Å². The van der Waals surface area contributed by atoms with Crippen molar-refractivity contribution in [3.05, 3.63) is 36.4 Å². The molecule has 126 valence electrons. The number of hydrogen-bond acceptors (Lipinski definition) is 7. The van der Waals surface area contributed by atoms with Crippen LogP contribution in [0.25, 0.3) is 33.5 Å². The van der Waals surface area contributed by atoms with Gasteiger partial charge in [0.2, 0.25) is 15.8 Å². The Morgan fingerprint density at radius 2 is 2.00 bits per heavy atom. The minimum Gasteiger partial charge on any atom is -0.248 e. The highest BCUT2D eigenvalue weighted by atomic mass is 32.2. The third-order valence-corrected chi connectivity index (χ3v) is 4.78. The van der Waals surface area contributed by atoms with E-state index in [2.05, 4.69) is 30.9 Å². The zero-order valence-corrected chi connectivity index (χ0v) is 13.8. The highest BCUT2D eigenvalue weighted by Gasteiger charge is 2.22. The fourth-order valence-corrected chi connectivity index (χ4v) is 3.46. The third-order valence-electron chi connectivity index (χ3n) is 3.82. The predicted molar refractivity (Wildman–Crippen MR) is 88.5 cm³/mol. The second-order valence-electron chi connectivity index (χ2n) is 5.38. The molecule has 0 spiro atoms. The van der Waals surface area contributed by atoms with Gasteiger partial charge in [-0.1, -0.05) is 23.4 Å². The Balaban J connectivity index is 2.05. The second kappa shape index (κ2) is 5.43. The molecule has 2 aromatic heterocycles. The number of nitrogens with zero attached hydrogens (tertiary/aromatic N) is 6. The molecule has 4 aromatic rings. The topological polar surface area (TPSA) is 145 Å². The van der Waals surface area contributed by atoms with Crippen molar-refractivity contribution < 1.29 is 8.42 Å². The Kier molecular flexibility index (Phi) is 3.33. The molecule has 10 nitrogen and oxygen atoms in total. The number of tetrazole rings is 1. The van der Waals surface area contributed by atoms with Gasteiger partial charge in [-0.15, -0.1) is 15.3 Å². The van der Waals surface area contributed by atoms with Crippen LogP contribution in [0.3, 0.4) is 0 Å². The summed E-state index contributed by atoms with van der Waals surface area (Å²) in [6.45, 7) is 0. The molecule has 25 heavy (non-hydrogen) atoms. The highest BCUT2D eigenvalue weighted by molar-refractivity contribution is 7.89. The smallest absolute Gasteiger partial charge is 0.238 e. The molecule has 0 bridgehead atoms. The summed E-state index contributed by atoms with van der Waals surface area (Å²) in [4.78, 5) is -0.0744. The highest BCUT2D eigenvalue weighted by Crippen LogP contribution is 2.35. The summed E-state index contributed by atoms with van der Waals surface area (Å²) >= 11 is 0. The van der Waals surface area contributed by atoms with Crippen LogP contribution < -0.4 is 5.14 Å². The Morgan fingerprint density at radius 3 is 2.72 bits per heavy atom. The van der Waals surface area contributed by atoms with Gasteiger partial charge in [0, 0.05) is 7.05 Å². The number of nitrogens with two attached hydrogens (primary N) is 1. The number of hydrogen-bond donors (Lipinski definition) is 2. The summed E-state index contributed by atoms with van der Waals surface area (Å²) in [5.41, 5.74) is 3.18. The molecule has 0 aliphatic carbocycles. The first-order chi connectivity index (χ1) is 11.9. The lowest BCUT2D eigenvalue weighted by Gasteiger charge is -2.11. The van der Waals surface area contributed by atoms with Gasteiger partial charge in [-0.25, -0.2) is 18.2 Å². The molecule has 0 amide bonds. The van der Waals surface area contributed by atoms with Gasteiger partial charge in [-0.2, -0.15) is 5.21 Å². The average molecular weight is 356 g/mol. The maximum atomic E-state index is 12.0. The second-order valence-corrected chi connectivity index (χ2v) is 6.91. The SMILES string of the molecule is Cn1nnc2ccc(-c3cccc(S(N)(=O)=O)c3-c3nn[nH]n3)cc21. The lowest BCUT2D eigenvalue weighted by atomic mass is 9.98. The van der Waals surface area contributed by atoms with Gasteiger partial charge < -0.3 is 0 Å². The van der Waals surface area contributed by atoms with Crippen LogP contribution in [0, 0.1) is 0 Å². The normalized spacial score (nSPS) is 11.9. The molecule has 3 N–H and O–H groups in total. The third kappa shape index (κ3) is 2.55. The molecule has 0 aliphatic heterocycles. The minimum atomic E-state index is -3.98. The molecular weight excluding hydrogens is 344 g/mol. The molecule has 0 saturated carbocycles. The van der Waals surface area contributed by atoms with Crippen LogP contribution >= 0.6 is 0 Å². The number of fused-ring (bicyclic) bond motifs is 1. The van der Waals surface area contributed by atoms with E-state index in [4.69, 9.17) is 5.14 Å². The van der Waals surface area contributed by atoms with E-state index in [0.29, 0.717) is 5.56 Å². The molecule has 0 unspecified atom stereocenters. The number of aromatic nitrogens is 7. The quantitative estimate of drug-likeness (QED) is 0.542. The van der Waals surface area contributed by atoms with E-state index in [1.165, 1.54) is 6.07 Å². The molecular formula is C14H12N8O2S. The largest absolute Gasteiger partial charge is 0.248 e. The summed E-state index contributed by atoms with van der Waals surface area (Å²) in [7, 11) is -2.20. The Labute approximate surface area is 141 Å². The lowest BCUT2D eigenvalue weighted by Crippen LogP contribution is -2.14. The molecule has 0 saturated heterocycles. The van der Waals surface area contributed by atoms with E-state index < -0.39 is 10.0 Å². The van der Waals surface area contributed by atoms with Crippen LogP contribution in [0.5, 0.6) is 0 Å². The van der Waals surface area contributed by atoms with Crippen LogP contribution in [-0.4, -0.2) is 44.0 Å². The van der Waals surface area contributed by atoms with Crippen LogP contribution in [0.15, 0.2) is 41.3 Å².